The first-order valence-corrected chi connectivity index (χ1v) is 4.95. The molecule has 2 N–H and O–H groups in total. The summed E-state index contributed by atoms with van der Waals surface area (Å²) in [6.07, 6.45) is 0. The van der Waals surface area contributed by atoms with Crippen LogP contribution in [0, 0.1) is 0 Å². The number of tetrazole rings is 1. The zero-order chi connectivity index (χ0) is 11.3. The van der Waals surface area contributed by atoms with Gasteiger partial charge in [0.15, 0.2) is 11.8 Å². The van der Waals surface area contributed by atoms with E-state index in [1.165, 1.54) is 4.80 Å². The van der Waals surface area contributed by atoms with Gasteiger partial charge in [-0.1, -0.05) is 0 Å². The van der Waals surface area contributed by atoms with Gasteiger partial charge in [-0.15, -0.1) is 34.2 Å². The van der Waals surface area contributed by atoms with Crippen LogP contribution < -0.4 is 5.73 Å². The van der Waals surface area contributed by atoms with Gasteiger partial charge >= 0.3 is 0 Å². The van der Waals surface area contributed by atoms with Crippen LogP contribution in [-0.4, -0.2) is 44.2 Å². The van der Waals surface area contributed by atoms with E-state index in [0.29, 0.717) is 18.3 Å². The van der Waals surface area contributed by atoms with Crippen LogP contribution in [0.5, 0.6) is 0 Å². The van der Waals surface area contributed by atoms with E-state index in [9.17, 15) is 0 Å². The molecule has 0 unspecified atom stereocenters. The zero-order valence-corrected chi connectivity index (χ0v) is 12.1. The largest absolute Gasteiger partial charge is 0.370 e. The molecule has 8 heteroatoms. The van der Waals surface area contributed by atoms with E-state index < -0.39 is 0 Å². The van der Waals surface area contributed by atoms with Gasteiger partial charge in [0.05, 0.1) is 7.05 Å². The maximum Gasteiger partial charge on any atom is 0.196 e. The fourth-order valence-corrected chi connectivity index (χ4v) is 1.19. The lowest BCUT2D eigenvalue weighted by molar-refractivity contribution is 0.457. The molecule has 0 amide bonds. The van der Waals surface area contributed by atoms with Crippen molar-refractivity contribution < 1.29 is 0 Å². The van der Waals surface area contributed by atoms with Crippen LogP contribution in [0.2, 0.25) is 0 Å². The lowest BCUT2D eigenvalue weighted by atomic mass is 10.5. The highest BCUT2D eigenvalue weighted by atomic mass is 127. The Hall–Kier alpha value is -0.930. The summed E-state index contributed by atoms with van der Waals surface area (Å²) in [7, 11) is 1.72. The first-order valence-electron chi connectivity index (χ1n) is 4.95. The molecule has 0 saturated carbocycles. The first-order chi connectivity index (χ1) is 7.17. The molecule has 92 valence electrons. The molecule has 0 aliphatic carbocycles. The van der Waals surface area contributed by atoms with Crippen LogP contribution in [0.15, 0.2) is 4.99 Å². The molecular formula is C8H18IN7. The number of aliphatic imine (C=N–C) groups is 1. The van der Waals surface area contributed by atoms with E-state index in [4.69, 9.17) is 5.73 Å². The van der Waals surface area contributed by atoms with E-state index in [0.717, 1.165) is 13.1 Å². The minimum absolute atomic E-state index is 0. The standard InChI is InChI=1S/C8H17N7.HI/c1-4-15(5-2)8(9)10-6-7-11-13-14(3)12-7;/h4-6H2,1-3H3,(H2,9,10);1H. The highest BCUT2D eigenvalue weighted by Gasteiger charge is 2.03. The Balaban J connectivity index is 0.00000225. The normalized spacial score (nSPS) is 11.1. The van der Waals surface area contributed by atoms with E-state index in [1.54, 1.807) is 7.05 Å². The van der Waals surface area contributed by atoms with E-state index in [-0.39, 0.29) is 24.0 Å². The van der Waals surface area contributed by atoms with Crippen LogP contribution in [0.4, 0.5) is 0 Å². The summed E-state index contributed by atoms with van der Waals surface area (Å²) in [5.41, 5.74) is 5.79. The molecule has 0 spiro atoms. The Morgan fingerprint density at radius 2 is 2.06 bits per heavy atom. The Kier molecular flexibility index (Phi) is 6.93. The Labute approximate surface area is 112 Å². The van der Waals surface area contributed by atoms with Crippen molar-refractivity contribution in [3.05, 3.63) is 5.82 Å². The van der Waals surface area contributed by atoms with Gasteiger partial charge in [0.1, 0.15) is 6.54 Å². The lowest BCUT2D eigenvalue weighted by Crippen LogP contribution is -2.37. The molecule has 1 aromatic heterocycles. The van der Waals surface area contributed by atoms with Crippen LogP contribution in [0.1, 0.15) is 19.7 Å². The Morgan fingerprint density at radius 3 is 2.50 bits per heavy atom. The van der Waals surface area contributed by atoms with Crippen molar-refractivity contribution in [2.24, 2.45) is 17.8 Å². The lowest BCUT2D eigenvalue weighted by Gasteiger charge is -2.18. The topological polar surface area (TPSA) is 85.2 Å². The summed E-state index contributed by atoms with van der Waals surface area (Å²) in [4.78, 5) is 7.56. The molecule has 7 nitrogen and oxygen atoms in total. The van der Waals surface area contributed by atoms with Crippen molar-refractivity contribution >= 4 is 29.9 Å². The van der Waals surface area contributed by atoms with Crippen molar-refractivity contribution in [1.82, 2.24) is 25.1 Å². The summed E-state index contributed by atoms with van der Waals surface area (Å²) in [6, 6.07) is 0. The first kappa shape index (κ1) is 15.1. The highest BCUT2D eigenvalue weighted by molar-refractivity contribution is 14.0. The third kappa shape index (κ3) is 4.29. The molecular weight excluding hydrogens is 321 g/mol. The molecule has 0 bridgehead atoms. The monoisotopic (exact) mass is 339 g/mol. The fraction of sp³-hybridized carbons (Fsp3) is 0.750. The maximum absolute atomic E-state index is 5.79. The average molecular weight is 339 g/mol. The van der Waals surface area contributed by atoms with Gasteiger partial charge in [0.2, 0.25) is 0 Å². The van der Waals surface area contributed by atoms with Crippen LogP contribution in [0.3, 0.4) is 0 Å². The fourth-order valence-electron chi connectivity index (χ4n) is 1.19. The van der Waals surface area contributed by atoms with Gasteiger partial charge in [-0.05, 0) is 19.1 Å². The number of hydrogen-bond acceptors (Lipinski definition) is 4. The molecule has 0 radical (unpaired) electrons. The number of guanidine groups is 1. The van der Waals surface area contributed by atoms with Gasteiger partial charge in [0, 0.05) is 13.1 Å². The summed E-state index contributed by atoms with van der Waals surface area (Å²) >= 11 is 0. The van der Waals surface area contributed by atoms with Gasteiger partial charge in [-0.25, -0.2) is 4.99 Å². The van der Waals surface area contributed by atoms with E-state index >= 15 is 0 Å². The van der Waals surface area contributed by atoms with Gasteiger partial charge in [-0.2, -0.15) is 4.80 Å². The summed E-state index contributed by atoms with van der Waals surface area (Å²) < 4.78 is 0. The number of nitrogens with zero attached hydrogens (tertiary/aromatic N) is 6. The van der Waals surface area contributed by atoms with Crippen molar-refractivity contribution in [2.45, 2.75) is 20.4 Å². The summed E-state index contributed by atoms with van der Waals surface area (Å²) in [6.45, 7) is 6.13. The second-order valence-electron chi connectivity index (χ2n) is 3.04. The number of nitrogens with two attached hydrogens (primary N) is 1. The van der Waals surface area contributed by atoms with Crippen molar-refractivity contribution in [2.75, 3.05) is 13.1 Å². The molecule has 1 aromatic rings. The van der Waals surface area contributed by atoms with Crippen LogP contribution in [0.25, 0.3) is 0 Å². The minimum atomic E-state index is 0. The molecule has 0 aromatic carbocycles. The van der Waals surface area contributed by atoms with Gasteiger partial charge in [0.25, 0.3) is 0 Å². The van der Waals surface area contributed by atoms with E-state index in [2.05, 4.69) is 20.4 Å². The third-order valence-electron chi connectivity index (χ3n) is 2.02. The number of rotatable bonds is 4. The number of halogens is 1. The highest BCUT2D eigenvalue weighted by Crippen LogP contribution is 1.92. The van der Waals surface area contributed by atoms with Gasteiger partial charge < -0.3 is 10.6 Å². The number of aryl methyl sites for hydroxylation is 1. The quantitative estimate of drug-likeness (QED) is 0.474. The second-order valence-corrected chi connectivity index (χ2v) is 3.04. The Bertz CT molecular complexity index is 331. The Morgan fingerprint density at radius 1 is 1.44 bits per heavy atom. The van der Waals surface area contributed by atoms with Crippen molar-refractivity contribution in [3.63, 3.8) is 0 Å². The minimum Gasteiger partial charge on any atom is -0.370 e. The molecule has 0 aliphatic rings. The SMILES string of the molecule is CCN(CC)C(N)=NCc1nnn(C)n1.I. The van der Waals surface area contributed by atoms with E-state index in [1.807, 2.05) is 18.7 Å². The molecule has 0 saturated heterocycles. The number of aromatic nitrogens is 4. The molecule has 1 rings (SSSR count). The molecule has 0 atom stereocenters. The predicted octanol–water partition coefficient (Wildman–Crippen LogP) is -0.0154. The van der Waals surface area contributed by atoms with Crippen molar-refractivity contribution in [1.29, 1.82) is 0 Å². The third-order valence-corrected chi connectivity index (χ3v) is 2.02. The zero-order valence-electron chi connectivity index (χ0n) is 9.79. The average Bonchev–Trinajstić information content (AvgIpc) is 2.63. The number of hydrogen-bond donors (Lipinski definition) is 1. The summed E-state index contributed by atoms with van der Waals surface area (Å²) in [5.74, 6) is 1.10. The summed E-state index contributed by atoms with van der Waals surface area (Å²) in [5, 5.41) is 11.5. The van der Waals surface area contributed by atoms with Crippen molar-refractivity contribution in [3.8, 4) is 0 Å². The van der Waals surface area contributed by atoms with Crippen LogP contribution in [-0.2, 0) is 13.6 Å². The molecule has 1 heterocycles. The molecule has 0 aliphatic heterocycles. The smallest absolute Gasteiger partial charge is 0.196 e. The second kappa shape index (κ2) is 7.36. The van der Waals surface area contributed by atoms with Crippen LogP contribution >= 0.6 is 24.0 Å². The maximum atomic E-state index is 5.79. The molecule has 16 heavy (non-hydrogen) atoms. The van der Waals surface area contributed by atoms with Gasteiger partial charge in [-0.3, -0.25) is 0 Å². The predicted molar refractivity (Wildman–Crippen MR) is 72.5 cm³/mol. The molecule has 0 fully saturated rings.